The summed E-state index contributed by atoms with van der Waals surface area (Å²) in [6.07, 6.45) is 0. The molecule has 2 aromatic carbocycles. The summed E-state index contributed by atoms with van der Waals surface area (Å²) in [4.78, 5) is 26.3. The van der Waals surface area contributed by atoms with Crippen molar-refractivity contribution in [2.45, 2.75) is 17.6 Å². The minimum absolute atomic E-state index is 0.156. The molecule has 0 saturated carbocycles. The van der Waals surface area contributed by atoms with Crippen molar-refractivity contribution >= 4 is 40.7 Å². The zero-order chi connectivity index (χ0) is 20.6. The molecule has 3 aromatic rings. The van der Waals surface area contributed by atoms with Gasteiger partial charge in [-0.15, -0.1) is 23.1 Å². The lowest BCUT2D eigenvalue weighted by molar-refractivity contribution is -0.142. The summed E-state index contributed by atoms with van der Waals surface area (Å²) in [5, 5.41) is 5.02. The van der Waals surface area contributed by atoms with Gasteiger partial charge in [0.15, 0.2) is 6.61 Å². The maximum Gasteiger partial charge on any atom is 0.343 e. The average molecular weight is 428 g/mol. The monoisotopic (exact) mass is 427 g/mol. The van der Waals surface area contributed by atoms with Crippen LogP contribution in [0, 0.1) is 6.92 Å². The van der Waals surface area contributed by atoms with E-state index in [1.54, 1.807) is 41.3 Å². The molecule has 0 radical (unpaired) electrons. The lowest BCUT2D eigenvalue weighted by atomic mass is 10.1. The summed E-state index contributed by atoms with van der Waals surface area (Å²) in [6, 6.07) is 17.0. The van der Waals surface area contributed by atoms with E-state index >= 15 is 0 Å². The Morgan fingerprint density at radius 3 is 2.66 bits per heavy atom. The molecule has 0 saturated heterocycles. The number of aryl methyl sites for hydroxylation is 1. The van der Waals surface area contributed by atoms with E-state index in [4.69, 9.17) is 4.74 Å². The molecule has 7 heteroatoms. The van der Waals surface area contributed by atoms with Crippen LogP contribution in [0.15, 0.2) is 64.9 Å². The largest absolute Gasteiger partial charge is 0.482 e. The molecule has 0 fully saturated rings. The summed E-state index contributed by atoms with van der Waals surface area (Å²) >= 11 is 3.35. The van der Waals surface area contributed by atoms with Crippen molar-refractivity contribution in [3.63, 3.8) is 0 Å². The molecular weight excluding hydrogens is 406 g/mol. The van der Waals surface area contributed by atoms with Gasteiger partial charge in [0.05, 0.1) is 12.7 Å². The van der Waals surface area contributed by atoms with Crippen LogP contribution in [-0.4, -0.2) is 25.6 Å². The standard InChI is InChI=1S/C22H21NO4S2/c1-15-12-16(27-13-21(24)26-2)9-10-19(15)23-22(25)18-7-3-4-8-20(18)29-14-17-6-5-11-28-17/h3-12H,13-14H2,1-2H3,(H,23,25). The molecule has 0 atom stereocenters. The highest BCUT2D eigenvalue weighted by Gasteiger charge is 2.13. The summed E-state index contributed by atoms with van der Waals surface area (Å²) in [7, 11) is 1.31. The smallest absolute Gasteiger partial charge is 0.343 e. The van der Waals surface area contributed by atoms with E-state index in [1.807, 2.05) is 37.3 Å². The molecule has 0 aliphatic heterocycles. The number of amides is 1. The summed E-state index contributed by atoms with van der Waals surface area (Å²) < 4.78 is 9.94. The molecule has 0 aliphatic rings. The number of carbonyl (C=O) groups is 2. The lowest BCUT2D eigenvalue weighted by Crippen LogP contribution is -2.14. The van der Waals surface area contributed by atoms with Gasteiger partial charge in [0.1, 0.15) is 5.75 Å². The van der Waals surface area contributed by atoms with Crippen LogP contribution < -0.4 is 10.1 Å². The summed E-state index contributed by atoms with van der Waals surface area (Å²) in [5.74, 6) is 0.757. The van der Waals surface area contributed by atoms with Crippen molar-refractivity contribution in [2.24, 2.45) is 0 Å². The van der Waals surface area contributed by atoms with Crippen LogP contribution in [0.3, 0.4) is 0 Å². The van der Waals surface area contributed by atoms with Crippen LogP contribution in [0.4, 0.5) is 5.69 Å². The second-order valence-electron chi connectivity index (χ2n) is 6.16. The van der Waals surface area contributed by atoms with Gasteiger partial charge in [-0.05, 0) is 54.3 Å². The highest BCUT2D eigenvalue weighted by Crippen LogP contribution is 2.29. The Labute approximate surface area is 178 Å². The van der Waals surface area contributed by atoms with Crippen molar-refractivity contribution in [3.05, 3.63) is 76.0 Å². The van der Waals surface area contributed by atoms with Crippen molar-refractivity contribution in [1.29, 1.82) is 0 Å². The first kappa shape index (κ1) is 21.0. The molecule has 0 spiro atoms. The van der Waals surface area contributed by atoms with E-state index in [0.717, 1.165) is 16.2 Å². The maximum absolute atomic E-state index is 12.9. The van der Waals surface area contributed by atoms with E-state index in [2.05, 4.69) is 21.5 Å². The highest BCUT2D eigenvalue weighted by molar-refractivity contribution is 7.98. The van der Waals surface area contributed by atoms with Crippen LogP contribution in [0.1, 0.15) is 20.8 Å². The molecule has 1 amide bonds. The predicted molar refractivity (Wildman–Crippen MR) is 117 cm³/mol. The van der Waals surface area contributed by atoms with Gasteiger partial charge in [-0.25, -0.2) is 4.79 Å². The van der Waals surface area contributed by atoms with Crippen LogP contribution >= 0.6 is 23.1 Å². The average Bonchev–Trinajstić information content (AvgIpc) is 3.26. The van der Waals surface area contributed by atoms with Gasteiger partial charge in [0, 0.05) is 21.2 Å². The minimum Gasteiger partial charge on any atom is -0.482 e. The fraction of sp³-hybridized carbons (Fsp3) is 0.182. The third-order valence-corrected chi connectivity index (χ3v) is 6.29. The molecule has 1 N–H and O–H groups in total. The SMILES string of the molecule is COC(=O)COc1ccc(NC(=O)c2ccccc2SCc2cccs2)c(C)c1. The van der Waals surface area contributed by atoms with Gasteiger partial charge in [0.2, 0.25) is 0 Å². The van der Waals surface area contributed by atoms with Crippen molar-refractivity contribution in [2.75, 3.05) is 19.0 Å². The van der Waals surface area contributed by atoms with E-state index in [-0.39, 0.29) is 12.5 Å². The van der Waals surface area contributed by atoms with Crippen LogP contribution in [-0.2, 0) is 15.3 Å². The Kier molecular flexibility index (Phi) is 7.32. The quantitative estimate of drug-likeness (QED) is 0.398. The minimum atomic E-state index is -0.448. The van der Waals surface area contributed by atoms with Gasteiger partial charge in [-0.3, -0.25) is 4.79 Å². The molecule has 0 bridgehead atoms. The number of esters is 1. The molecule has 1 heterocycles. The van der Waals surface area contributed by atoms with E-state index < -0.39 is 5.97 Å². The Balaban J connectivity index is 1.67. The fourth-order valence-corrected chi connectivity index (χ4v) is 4.40. The van der Waals surface area contributed by atoms with Crippen molar-refractivity contribution in [1.82, 2.24) is 0 Å². The first-order chi connectivity index (χ1) is 14.1. The molecule has 3 rings (SSSR count). The number of hydrogen-bond donors (Lipinski definition) is 1. The molecule has 1 aromatic heterocycles. The molecule has 5 nitrogen and oxygen atoms in total. The highest BCUT2D eigenvalue weighted by atomic mass is 32.2. The van der Waals surface area contributed by atoms with Gasteiger partial charge >= 0.3 is 5.97 Å². The first-order valence-electron chi connectivity index (χ1n) is 8.92. The van der Waals surface area contributed by atoms with Crippen LogP contribution in [0.2, 0.25) is 0 Å². The normalized spacial score (nSPS) is 10.4. The number of ether oxygens (including phenoxy) is 2. The molecule has 29 heavy (non-hydrogen) atoms. The number of rotatable bonds is 8. The zero-order valence-electron chi connectivity index (χ0n) is 16.1. The maximum atomic E-state index is 12.9. The topological polar surface area (TPSA) is 64.6 Å². The third kappa shape index (κ3) is 5.85. The summed E-state index contributed by atoms with van der Waals surface area (Å²) in [5.41, 5.74) is 2.17. The second kappa shape index (κ2) is 10.1. The number of carbonyl (C=O) groups excluding carboxylic acids is 2. The van der Waals surface area contributed by atoms with E-state index in [1.165, 1.54) is 12.0 Å². The third-order valence-electron chi connectivity index (χ3n) is 4.11. The lowest BCUT2D eigenvalue weighted by Gasteiger charge is -2.13. The number of benzene rings is 2. The van der Waals surface area contributed by atoms with E-state index in [9.17, 15) is 9.59 Å². The number of anilines is 1. The first-order valence-corrected chi connectivity index (χ1v) is 10.8. The molecular formula is C22H21NO4S2. The van der Waals surface area contributed by atoms with E-state index in [0.29, 0.717) is 17.0 Å². The number of thioether (sulfide) groups is 1. The van der Waals surface area contributed by atoms with Gasteiger partial charge < -0.3 is 14.8 Å². The Morgan fingerprint density at radius 2 is 1.93 bits per heavy atom. The summed E-state index contributed by atoms with van der Waals surface area (Å²) in [6.45, 7) is 1.72. The van der Waals surface area contributed by atoms with Crippen molar-refractivity contribution in [3.8, 4) is 5.75 Å². The number of nitrogens with one attached hydrogen (secondary N) is 1. The molecule has 0 unspecified atom stereocenters. The molecule has 150 valence electrons. The number of methoxy groups -OCH3 is 1. The zero-order valence-corrected chi connectivity index (χ0v) is 17.8. The molecule has 0 aliphatic carbocycles. The number of hydrogen-bond acceptors (Lipinski definition) is 6. The Bertz CT molecular complexity index is 986. The predicted octanol–water partition coefficient (Wildman–Crippen LogP) is 5.15. The van der Waals surface area contributed by atoms with Crippen LogP contribution in [0.5, 0.6) is 5.75 Å². The van der Waals surface area contributed by atoms with Gasteiger partial charge in [-0.1, -0.05) is 18.2 Å². The Morgan fingerprint density at radius 1 is 1.10 bits per heavy atom. The van der Waals surface area contributed by atoms with Gasteiger partial charge in [0.25, 0.3) is 5.91 Å². The van der Waals surface area contributed by atoms with Crippen LogP contribution in [0.25, 0.3) is 0 Å². The number of thiophene rings is 1. The van der Waals surface area contributed by atoms with Gasteiger partial charge in [-0.2, -0.15) is 0 Å². The fourth-order valence-electron chi connectivity index (χ4n) is 2.58. The second-order valence-corrected chi connectivity index (χ2v) is 8.21. The van der Waals surface area contributed by atoms with Crippen molar-refractivity contribution < 1.29 is 19.1 Å². The Hall–Kier alpha value is -2.77.